The van der Waals surface area contributed by atoms with E-state index >= 15 is 0 Å². The zero-order valence-electron chi connectivity index (χ0n) is 11.4. The molecule has 5 heteroatoms. The number of benzene rings is 1. The lowest BCUT2D eigenvalue weighted by Gasteiger charge is -2.03. The normalized spacial score (nSPS) is 16.0. The van der Waals surface area contributed by atoms with E-state index in [0.717, 1.165) is 23.5 Å². The molecule has 1 aliphatic carbocycles. The monoisotopic (exact) mass is 297 g/mol. The second-order valence-electron chi connectivity index (χ2n) is 5.36. The molecule has 0 spiro atoms. The number of hydrogen-bond acceptors (Lipinski definition) is 5. The fourth-order valence-electron chi connectivity index (χ4n) is 2.87. The van der Waals surface area contributed by atoms with Crippen LogP contribution in [0.15, 0.2) is 46.3 Å². The van der Waals surface area contributed by atoms with Gasteiger partial charge in [-0.05, 0) is 35.4 Å². The first-order valence-corrected chi connectivity index (χ1v) is 7.88. The first kappa shape index (κ1) is 12.7. The first-order chi connectivity index (χ1) is 10.3. The van der Waals surface area contributed by atoms with Crippen molar-refractivity contribution in [3.8, 4) is 0 Å². The molecule has 4 nitrogen and oxygen atoms in total. The average Bonchev–Trinajstić information content (AvgIpc) is 3.24. The summed E-state index contributed by atoms with van der Waals surface area (Å²) in [5.41, 5.74) is 8.94. The average molecular weight is 297 g/mol. The van der Waals surface area contributed by atoms with Crippen molar-refractivity contribution in [1.82, 2.24) is 10.1 Å². The maximum Gasteiger partial charge on any atom is 0.248 e. The molecule has 0 bridgehead atoms. The van der Waals surface area contributed by atoms with Crippen molar-refractivity contribution in [3.63, 3.8) is 0 Å². The summed E-state index contributed by atoms with van der Waals surface area (Å²) in [6, 6.07) is 12.2. The minimum absolute atomic E-state index is 0.301. The summed E-state index contributed by atoms with van der Waals surface area (Å²) in [4.78, 5) is 5.58. The van der Waals surface area contributed by atoms with E-state index in [2.05, 4.69) is 34.4 Å². The molecule has 0 radical (unpaired) electrons. The Morgan fingerprint density at radius 3 is 2.57 bits per heavy atom. The van der Waals surface area contributed by atoms with Crippen LogP contribution in [0.4, 0.5) is 0 Å². The Morgan fingerprint density at radius 2 is 1.90 bits per heavy atom. The van der Waals surface area contributed by atoms with Gasteiger partial charge in [0.05, 0.1) is 0 Å². The van der Waals surface area contributed by atoms with E-state index in [-0.39, 0.29) is 6.04 Å². The van der Waals surface area contributed by atoms with Crippen LogP contribution in [0, 0.1) is 0 Å². The van der Waals surface area contributed by atoms with Gasteiger partial charge in [0.1, 0.15) is 6.04 Å². The summed E-state index contributed by atoms with van der Waals surface area (Å²) in [6.07, 6.45) is 1.95. The van der Waals surface area contributed by atoms with E-state index < -0.39 is 0 Å². The fraction of sp³-hybridized carbons (Fsp3) is 0.250. The highest BCUT2D eigenvalue weighted by molar-refractivity contribution is 7.10. The van der Waals surface area contributed by atoms with Crippen LogP contribution in [0.3, 0.4) is 0 Å². The molecular weight excluding hydrogens is 282 g/mol. The van der Waals surface area contributed by atoms with Gasteiger partial charge in [0.15, 0.2) is 5.82 Å². The highest BCUT2D eigenvalue weighted by atomic mass is 32.1. The predicted octanol–water partition coefficient (Wildman–Crippen LogP) is 3.06. The molecule has 21 heavy (non-hydrogen) atoms. The molecule has 1 aromatic carbocycles. The lowest BCUT2D eigenvalue weighted by Crippen LogP contribution is -2.11. The summed E-state index contributed by atoms with van der Waals surface area (Å²) in [5, 5.41) is 6.15. The zero-order valence-corrected chi connectivity index (χ0v) is 12.2. The van der Waals surface area contributed by atoms with Crippen molar-refractivity contribution in [2.45, 2.75) is 24.8 Å². The van der Waals surface area contributed by atoms with Gasteiger partial charge in [-0.1, -0.05) is 35.5 Å². The molecule has 0 saturated heterocycles. The standard InChI is InChI=1S/C16H15N3OS/c17-14(13-6-3-7-21-13)16-18-15(19-20-16)12-8-10-4-1-2-5-11(10)9-12/h1-7,12,14H,8-9,17H2. The number of fused-ring (bicyclic) bond motifs is 1. The van der Waals surface area contributed by atoms with Gasteiger partial charge in [0.25, 0.3) is 0 Å². The third-order valence-electron chi connectivity index (χ3n) is 3.99. The van der Waals surface area contributed by atoms with Crippen molar-refractivity contribution < 1.29 is 4.52 Å². The number of thiophene rings is 1. The summed E-state index contributed by atoms with van der Waals surface area (Å²) >= 11 is 1.60. The van der Waals surface area contributed by atoms with Crippen LogP contribution in [0.1, 0.15) is 39.7 Å². The Hall–Kier alpha value is -1.98. The lowest BCUT2D eigenvalue weighted by atomic mass is 10.1. The molecule has 2 heterocycles. The van der Waals surface area contributed by atoms with E-state index in [1.54, 1.807) is 11.3 Å². The molecule has 1 atom stereocenters. The molecule has 0 saturated carbocycles. The van der Waals surface area contributed by atoms with Crippen LogP contribution in [-0.2, 0) is 12.8 Å². The maximum absolute atomic E-state index is 6.17. The van der Waals surface area contributed by atoms with Crippen LogP contribution in [-0.4, -0.2) is 10.1 Å². The molecule has 4 rings (SSSR count). The van der Waals surface area contributed by atoms with Gasteiger partial charge >= 0.3 is 0 Å². The number of aromatic nitrogens is 2. The van der Waals surface area contributed by atoms with Gasteiger partial charge in [-0.2, -0.15) is 4.98 Å². The Balaban J connectivity index is 1.56. The van der Waals surface area contributed by atoms with Gasteiger partial charge in [-0.25, -0.2) is 0 Å². The van der Waals surface area contributed by atoms with E-state index in [9.17, 15) is 0 Å². The molecule has 0 fully saturated rings. The molecule has 2 aromatic heterocycles. The zero-order chi connectivity index (χ0) is 14.2. The summed E-state index contributed by atoms with van der Waals surface area (Å²) < 4.78 is 5.38. The molecule has 2 N–H and O–H groups in total. The van der Waals surface area contributed by atoms with Gasteiger partial charge in [-0.3, -0.25) is 0 Å². The summed E-state index contributed by atoms with van der Waals surface area (Å²) in [7, 11) is 0. The van der Waals surface area contributed by atoms with E-state index in [0.29, 0.717) is 11.8 Å². The van der Waals surface area contributed by atoms with Gasteiger partial charge in [-0.15, -0.1) is 11.3 Å². The molecule has 0 amide bonds. The molecule has 1 aliphatic rings. The SMILES string of the molecule is NC(c1nc(C2Cc3ccccc3C2)no1)c1cccs1. The Morgan fingerprint density at radius 1 is 1.14 bits per heavy atom. The number of rotatable bonds is 3. The molecule has 3 aromatic rings. The van der Waals surface area contributed by atoms with Crippen LogP contribution in [0.5, 0.6) is 0 Å². The van der Waals surface area contributed by atoms with Crippen molar-refractivity contribution in [2.24, 2.45) is 5.73 Å². The highest BCUT2D eigenvalue weighted by Gasteiger charge is 2.27. The van der Waals surface area contributed by atoms with Crippen molar-refractivity contribution in [2.75, 3.05) is 0 Å². The summed E-state index contributed by atoms with van der Waals surface area (Å²) in [6.45, 7) is 0. The Labute approximate surface area is 126 Å². The third-order valence-corrected chi connectivity index (χ3v) is 4.94. The van der Waals surface area contributed by atoms with Crippen LogP contribution in [0.2, 0.25) is 0 Å². The number of hydrogen-bond donors (Lipinski definition) is 1. The lowest BCUT2D eigenvalue weighted by molar-refractivity contribution is 0.360. The second kappa shape index (κ2) is 5.09. The van der Waals surface area contributed by atoms with E-state index in [4.69, 9.17) is 10.3 Å². The Bertz CT molecular complexity index is 725. The van der Waals surface area contributed by atoms with Gasteiger partial charge in [0, 0.05) is 10.8 Å². The van der Waals surface area contributed by atoms with Crippen LogP contribution < -0.4 is 5.73 Å². The highest BCUT2D eigenvalue weighted by Crippen LogP contribution is 2.33. The van der Waals surface area contributed by atoms with Gasteiger partial charge < -0.3 is 10.3 Å². The first-order valence-electron chi connectivity index (χ1n) is 7.00. The topological polar surface area (TPSA) is 64.9 Å². The fourth-order valence-corrected chi connectivity index (χ4v) is 3.59. The minimum atomic E-state index is -0.324. The predicted molar refractivity (Wildman–Crippen MR) is 81.2 cm³/mol. The maximum atomic E-state index is 6.17. The van der Waals surface area contributed by atoms with E-state index in [1.807, 2.05) is 17.5 Å². The molecule has 106 valence electrons. The van der Waals surface area contributed by atoms with E-state index in [1.165, 1.54) is 11.1 Å². The van der Waals surface area contributed by atoms with Crippen molar-refractivity contribution in [1.29, 1.82) is 0 Å². The molecular formula is C16H15N3OS. The minimum Gasteiger partial charge on any atom is -0.337 e. The molecule has 0 aliphatic heterocycles. The smallest absolute Gasteiger partial charge is 0.248 e. The second-order valence-corrected chi connectivity index (χ2v) is 6.34. The Kier molecular flexibility index (Phi) is 3.09. The van der Waals surface area contributed by atoms with Crippen molar-refractivity contribution >= 4 is 11.3 Å². The molecule has 1 unspecified atom stereocenters. The summed E-state index contributed by atoms with van der Waals surface area (Å²) in [5.74, 6) is 1.58. The van der Waals surface area contributed by atoms with Crippen LogP contribution in [0.25, 0.3) is 0 Å². The largest absolute Gasteiger partial charge is 0.337 e. The van der Waals surface area contributed by atoms with Crippen LogP contribution >= 0.6 is 11.3 Å². The quantitative estimate of drug-likeness (QED) is 0.807. The van der Waals surface area contributed by atoms with Gasteiger partial charge in [0.2, 0.25) is 5.89 Å². The van der Waals surface area contributed by atoms with Crippen molar-refractivity contribution in [3.05, 3.63) is 69.5 Å². The number of nitrogens with zero attached hydrogens (tertiary/aromatic N) is 2. The third kappa shape index (κ3) is 2.28. The number of nitrogens with two attached hydrogens (primary N) is 1.